The van der Waals surface area contributed by atoms with Crippen LogP contribution < -0.4 is 10.1 Å². The fourth-order valence-corrected chi connectivity index (χ4v) is 4.01. The highest BCUT2D eigenvalue weighted by atomic mass is 16.5. The molecule has 0 aliphatic carbocycles. The maximum Gasteiger partial charge on any atom is 0.219 e. The van der Waals surface area contributed by atoms with E-state index >= 15 is 0 Å². The van der Waals surface area contributed by atoms with Gasteiger partial charge in [-0.1, -0.05) is 12.1 Å². The zero-order chi connectivity index (χ0) is 21.8. The lowest BCUT2D eigenvalue weighted by atomic mass is 9.97. The molecule has 1 fully saturated rings. The first kappa shape index (κ1) is 20.9. The smallest absolute Gasteiger partial charge is 0.219 e. The van der Waals surface area contributed by atoms with Crippen molar-refractivity contribution in [2.75, 3.05) is 18.4 Å². The molecule has 7 heteroatoms. The van der Waals surface area contributed by atoms with E-state index in [0.29, 0.717) is 6.54 Å². The van der Waals surface area contributed by atoms with Crippen molar-refractivity contribution >= 4 is 11.7 Å². The summed E-state index contributed by atoms with van der Waals surface area (Å²) >= 11 is 0. The number of amides is 1. The Hall–Kier alpha value is -3.35. The van der Waals surface area contributed by atoms with E-state index in [9.17, 15) is 4.79 Å². The third kappa shape index (κ3) is 5.05. The van der Waals surface area contributed by atoms with Crippen LogP contribution in [0.1, 0.15) is 44.4 Å². The van der Waals surface area contributed by atoms with E-state index in [2.05, 4.69) is 26.6 Å². The first-order chi connectivity index (χ1) is 15.0. The van der Waals surface area contributed by atoms with Gasteiger partial charge < -0.3 is 15.0 Å². The quantitative estimate of drug-likeness (QED) is 0.599. The van der Waals surface area contributed by atoms with E-state index in [-0.39, 0.29) is 17.9 Å². The van der Waals surface area contributed by atoms with Crippen LogP contribution in [-0.2, 0) is 11.3 Å². The Bertz CT molecular complexity index is 1050. The molecule has 2 aromatic heterocycles. The van der Waals surface area contributed by atoms with Crippen molar-refractivity contribution in [3.63, 3.8) is 0 Å². The number of nitrogens with zero attached hydrogens (tertiary/aromatic N) is 3. The number of likely N-dealkylation sites (tertiary alicyclic amines) is 1. The minimum Gasteiger partial charge on any atom is -0.491 e. The van der Waals surface area contributed by atoms with E-state index in [0.717, 1.165) is 53.5 Å². The number of aromatic nitrogens is 3. The van der Waals surface area contributed by atoms with Crippen LogP contribution >= 0.6 is 0 Å². The predicted octanol–water partition coefficient (Wildman–Crippen LogP) is 4.21. The van der Waals surface area contributed by atoms with Gasteiger partial charge in [0.2, 0.25) is 5.91 Å². The fourth-order valence-electron chi connectivity index (χ4n) is 4.01. The van der Waals surface area contributed by atoms with E-state index in [1.54, 1.807) is 6.92 Å². The number of aromatic amines is 1. The van der Waals surface area contributed by atoms with Gasteiger partial charge in [-0.05, 0) is 55.7 Å². The number of H-pyrrole nitrogens is 1. The number of anilines is 1. The molecule has 0 bridgehead atoms. The van der Waals surface area contributed by atoms with E-state index < -0.39 is 0 Å². The number of hydrogen-bond donors (Lipinski definition) is 2. The Labute approximate surface area is 182 Å². The van der Waals surface area contributed by atoms with Crippen LogP contribution in [0.5, 0.6) is 5.75 Å². The third-order valence-electron chi connectivity index (χ3n) is 5.53. The Morgan fingerprint density at radius 2 is 2.19 bits per heavy atom. The summed E-state index contributed by atoms with van der Waals surface area (Å²) < 4.78 is 5.78. The molecule has 0 spiro atoms. The molecule has 162 valence electrons. The number of ether oxygens (including phenoxy) is 1. The van der Waals surface area contributed by atoms with Crippen molar-refractivity contribution in [2.45, 2.75) is 45.8 Å². The Morgan fingerprint density at radius 1 is 1.32 bits per heavy atom. The van der Waals surface area contributed by atoms with Crippen molar-refractivity contribution in [3.05, 3.63) is 60.0 Å². The molecule has 3 aromatic rings. The zero-order valence-corrected chi connectivity index (χ0v) is 18.3. The molecule has 4 rings (SSSR count). The topological polar surface area (TPSA) is 83.1 Å². The number of hydrogen-bond acceptors (Lipinski definition) is 5. The van der Waals surface area contributed by atoms with Crippen LogP contribution in [0.3, 0.4) is 0 Å². The van der Waals surface area contributed by atoms with Crippen molar-refractivity contribution < 1.29 is 9.53 Å². The molecule has 0 saturated carbocycles. The lowest BCUT2D eigenvalue weighted by Crippen LogP contribution is -2.25. The molecular formula is C24H29N5O2. The summed E-state index contributed by atoms with van der Waals surface area (Å²) in [5, 5.41) is 10.9. The number of benzene rings is 1. The van der Waals surface area contributed by atoms with Gasteiger partial charge in [0.05, 0.1) is 12.3 Å². The van der Waals surface area contributed by atoms with Gasteiger partial charge in [0, 0.05) is 49.9 Å². The van der Waals surface area contributed by atoms with Gasteiger partial charge in [0.15, 0.2) is 0 Å². The highest BCUT2D eigenvalue weighted by Gasteiger charge is 2.28. The summed E-state index contributed by atoms with van der Waals surface area (Å²) in [6.07, 6.45) is 4.76. The van der Waals surface area contributed by atoms with Crippen LogP contribution in [0.15, 0.2) is 48.8 Å². The molecule has 2 N–H and O–H groups in total. The largest absolute Gasteiger partial charge is 0.491 e. The maximum atomic E-state index is 11.7. The highest BCUT2D eigenvalue weighted by molar-refractivity contribution is 5.74. The van der Waals surface area contributed by atoms with Crippen LogP contribution in [0, 0.1) is 0 Å². The SMILES string of the molecule is CC(=O)N1CC[C@H](c2[nH]ncc2-c2ccnc(NCc3cccc(OC(C)C)c3)c2)C1. The van der Waals surface area contributed by atoms with E-state index in [4.69, 9.17) is 4.74 Å². The summed E-state index contributed by atoms with van der Waals surface area (Å²) in [6.45, 7) is 7.85. The Kier molecular flexibility index (Phi) is 6.21. The third-order valence-corrected chi connectivity index (χ3v) is 5.53. The Balaban J connectivity index is 1.46. The standard InChI is InChI=1S/C24H29N5O2/c1-16(2)31-21-6-4-5-18(11-21)13-26-23-12-19(7-9-25-23)22-14-27-28-24(22)20-8-10-29(15-20)17(3)30/h4-7,9,11-12,14,16,20H,8,10,13,15H2,1-3H3,(H,25,26)(H,27,28)/t20-/m0/s1. The monoisotopic (exact) mass is 419 g/mol. The molecule has 1 saturated heterocycles. The average Bonchev–Trinajstić information content (AvgIpc) is 3.42. The molecular weight excluding hydrogens is 390 g/mol. The molecule has 31 heavy (non-hydrogen) atoms. The zero-order valence-electron chi connectivity index (χ0n) is 18.3. The molecule has 0 unspecified atom stereocenters. The van der Waals surface area contributed by atoms with Gasteiger partial charge in [0.1, 0.15) is 11.6 Å². The van der Waals surface area contributed by atoms with Gasteiger partial charge >= 0.3 is 0 Å². The maximum absolute atomic E-state index is 11.7. The second-order valence-corrected chi connectivity index (χ2v) is 8.25. The number of nitrogens with one attached hydrogen (secondary N) is 2. The molecule has 7 nitrogen and oxygen atoms in total. The van der Waals surface area contributed by atoms with Crippen molar-refractivity contribution in [1.82, 2.24) is 20.1 Å². The molecule has 1 atom stereocenters. The van der Waals surface area contributed by atoms with Gasteiger partial charge in [0.25, 0.3) is 0 Å². The summed E-state index contributed by atoms with van der Waals surface area (Å²) in [6, 6.07) is 12.1. The normalized spacial score (nSPS) is 16.0. The second kappa shape index (κ2) is 9.20. The van der Waals surface area contributed by atoms with Crippen LogP contribution in [0.25, 0.3) is 11.1 Å². The van der Waals surface area contributed by atoms with Gasteiger partial charge in [-0.2, -0.15) is 5.10 Å². The molecule has 1 aliphatic heterocycles. The molecule has 1 aliphatic rings. The summed E-state index contributed by atoms with van der Waals surface area (Å²) in [5.74, 6) is 2.07. The van der Waals surface area contributed by atoms with E-state index in [1.807, 2.05) is 61.5 Å². The van der Waals surface area contributed by atoms with Gasteiger partial charge in [-0.25, -0.2) is 4.98 Å². The van der Waals surface area contributed by atoms with E-state index in [1.165, 1.54) is 0 Å². The summed E-state index contributed by atoms with van der Waals surface area (Å²) in [7, 11) is 0. The average molecular weight is 420 g/mol. The number of carbonyl (C=O) groups is 1. The number of carbonyl (C=O) groups excluding carboxylic acids is 1. The fraction of sp³-hybridized carbons (Fsp3) is 0.375. The summed E-state index contributed by atoms with van der Waals surface area (Å²) in [4.78, 5) is 18.1. The lowest BCUT2D eigenvalue weighted by Gasteiger charge is -2.14. The minimum atomic E-state index is 0.127. The molecule has 0 radical (unpaired) electrons. The number of rotatable bonds is 7. The van der Waals surface area contributed by atoms with Crippen LogP contribution in [-0.4, -0.2) is 45.2 Å². The molecule has 1 amide bonds. The lowest BCUT2D eigenvalue weighted by molar-refractivity contribution is -0.127. The predicted molar refractivity (Wildman–Crippen MR) is 121 cm³/mol. The van der Waals surface area contributed by atoms with Gasteiger partial charge in [-0.15, -0.1) is 0 Å². The van der Waals surface area contributed by atoms with Crippen molar-refractivity contribution in [2.24, 2.45) is 0 Å². The highest BCUT2D eigenvalue weighted by Crippen LogP contribution is 2.33. The molecule has 3 heterocycles. The minimum absolute atomic E-state index is 0.127. The first-order valence-corrected chi connectivity index (χ1v) is 10.7. The number of pyridine rings is 1. The van der Waals surface area contributed by atoms with Crippen molar-refractivity contribution in [3.8, 4) is 16.9 Å². The first-order valence-electron chi connectivity index (χ1n) is 10.7. The summed E-state index contributed by atoms with van der Waals surface area (Å²) in [5.41, 5.74) is 4.33. The van der Waals surface area contributed by atoms with Gasteiger partial charge in [-0.3, -0.25) is 9.89 Å². The van der Waals surface area contributed by atoms with Crippen molar-refractivity contribution in [1.29, 1.82) is 0 Å². The second-order valence-electron chi connectivity index (χ2n) is 8.25. The Morgan fingerprint density at radius 3 is 2.97 bits per heavy atom. The molecule has 1 aromatic carbocycles. The van der Waals surface area contributed by atoms with Crippen LogP contribution in [0.2, 0.25) is 0 Å². The van der Waals surface area contributed by atoms with Crippen LogP contribution in [0.4, 0.5) is 5.82 Å².